The van der Waals surface area contributed by atoms with Gasteiger partial charge in [0.1, 0.15) is 6.10 Å². The number of carbonyl (C=O) groups is 1. The van der Waals surface area contributed by atoms with Gasteiger partial charge in [0.15, 0.2) is 0 Å². The maximum atomic E-state index is 12.0. The summed E-state index contributed by atoms with van der Waals surface area (Å²) in [5.74, 6) is 1.21. The van der Waals surface area contributed by atoms with E-state index in [1.807, 2.05) is 30.3 Å². The summed E-state index contributed by atoms with van der Waals surface area (Å²) in [7, 11) is 0. The third-order valence-electron chi connectivity index (χ3n) is 3.89. The van der Waals surface area contributed by atoms with E-state index in [1.165, 1.54) is 12.8 Å². The number of hydrogen-bond donors (Lipinski definition) is 0. The Morgan fingerprint density at radius 2 is 1.94 bits per heavy atom. The van der Waals surface area contributed by atoms with Crippen molar-refractivity contribution in [2.75, 3.05) is 0 Å². The average Bonchev–Trinajstić information content (AvgIpc) is 2.40. The summed E-state index contributed by atoms with van der Waals surface area (Å²) in [6.07, 6.45) is 4.60. The van der Waals surface area contributed by atoms with Crippen LogP contribution >= 0.6 is 0 Å². The molecule has 1 saturated carbocycles. The lowest BCUT2D eigenvalue weighted by atomic mass is 9.80. The summed E-state index contributed by atoms with van der Waals surface area (Å²) in [6, 6.07) is 9.27. The summed E-state index contributed by atoms with van der Waals surface area (Å²) in [5.41, 5.74) is 0.657. The number of rotatable bonds is 3. The van der Waals surface area contributed by atoms with Gasteiger partial charge in [0, 0.05) is 0 Å². The standard InChI is InChI=1S/C16H22O2/c1-12(2)14-9-6-10-15(11-14)18-16(17)13-7-4-3-5-8-13/h3-5,7-8,12,14-15H,6,9-11H2,1-2H3. The highest BCUT2D eigenvalue weighted by Crippen LogP contribution is 2.31. The number of benzene rings is 1. The highest BCUT2D eigenvalue weighted by molar-refractivity contribution is 5.89. The maximum Gasteiger partial charge on any atom is 0.338 e. The first-order valence-electron chi connectivity index (χ1n) is 6.93. The molecule has 2 heteroatoms. The zero-order valence-electron chi connectivity index (χ0n) is 11.3. The normalized spacial score (nSPS) is 23.9. The molecule has 0 spiro atoms. The maximum absolute atomic E-state index is 12.0. The second-order valence-corrected chi connectivity index (χ2v) is 5.56. The summed E-state index contributed by atoms with van der Waals surface area (Å²) in [5, 5.41) is 0. The van der Waals surface area contributed by atoms with Crippen molar-refractivity contribution in [1.82, 2.24) is 0 Å². The highest BCUT2D eigenvalue weighted by atomic mass is 16.5. The molecular weight excluding hydrogens is 224 g/mol. The van der Waals surface area contributed by atoms with Gasteiger partial charge in [-0.3, -0.25) is 0 Å². The van der Waals surface area contributed by atoms with Gasteiger partial charge < -0.3 is 4.74 Å². The van der Waals surface area contributed by atoms with E-state index in [9.17, 15) is 4.79 Å². The Bertz CT molecular complexity index is 383. The molecule has 1 aromatic carbocycles. The smallest absolute Gasteiger partial charge is 0.338 e. The fourth-order valence-corrected chi connectivity index (χ4v) is 2.69. The molecule has 0 saturated heterocycles. The average molecular weight is 246 g/mol. The van der Waals surface area contributed by atoms with Gasteiger partial charge >= 0.3 is 5.97 Å². The lowest BCUT2D eigenvalue weighted by Crippen LogP contribution is -2.27. The van der Waals surface area contributed by atoms with Gasteiger partial charge in [-0.1, -0.05) is 32.0 Å². The summed E-state index contributed by atoms with van der Waals surface area (Å²) < 4.78 is 5.62. The van der Waals surface area contributed by atoms with Crippen LogP contribution in [0.25, 0.3) is 0 Å². The lowest BCUT2D eigenvalue weighted by Gasteiger charge is -2.31. The van der Waals surface area contributed by atoms with Gasteiger partial charge in [-0.05, 0) is 49.7 Å². The highest BCUT2D eigenvalue weighted by Gasteiger charge is 2.26. The molecule has 18 heavy (non-hydrogen) atoms. The zero-order valence-corrected chi connectivity index (χ0v) is 11.3. The van der Waals surface area contributed by atoms with Gasteiger partial charge in [-0.15, -0.1) is 0 Å². The van der Waals surface area contributed by atoms with Crippen LogP contribution in [0, 0.1) is 11.8 Å². The predicted molar refractivity (Wildman–Crippen MR) is 72.4 cm³/mol. The Morgan fingerprint density at radius 3 is 2.61 bits per heavy atom. The van der Waals surface area contributed by atoms with Crippen LogP contribution in [-0.2, 0) is 4.74 Å². The van der Waals surface area contributed by atoms with Crippen molar-refractivity contribution in [2.24, 2.45) is 11.8 Å². The molecule has 1 fully saturated rings. The molecule has 2 atom stereocenters. The van der Waals surface area contributed by atoms with E-state index in [-0.39, 0.29) is 12.1 Å². The number of esters is 1. The second-order valence-electron chi connectivity index (χ2n) is 5.56. The van der Waals surface area contributed by atoms with Gasteiger partial charge in [-0.25, -0.2) is 4.79 Å². The van der Waals surface area contributed by atoms with E-state index in [1.54, 1.807) is 0 Å². The summed E-state index contributed by atoms with van der Waals surface area (Å²) in [4.78, 5) is 12.0. The Hall–Kier alpha value is -1.31. The first-order valence-corrected chi connectivity index (χ1v) is 6.93. The van der Waals surface area contributed by atoms with Crippen LogP contribution in [0.3, 0.4) is 0 Å². The fourth-order valence-electron chi connectivity index (χ4n) is 2.69. The third-order valence-corrected chi connectivity index (χ3v) is 3.89. The molecule has 0 aliphatic heterocycles. The van der Waals surface area contributed by atoms with Crippen LogP contribution in [0.2, 0.25) is 0 Å². The molecule has 0 aromatic heterocycles. The summed E-state index contributed by atoms with van der Waals surface area (Å²) in [6.45, 7) is 4.51. The first kappa shape index (κ1) is 13.1. The van der Waals surface area contributed by atoms with E-state index in [0.29, 0.717) is 17.4 Å². The van der Waals surface area contributed by atoms with Crippen LogP contribution in [-0.4, -0.2) is 12.1 Å². The van der Waals surface area contributed by atoms with Crippen LogP contribution < -0.4 is 0 Å². The van der Waals surface area contributed by atoms with Crippen LogP contribution in [0.5, 0.6) is 0 Å². The Morgan fingerprint density at radius 1 is 1.22 bits per heavy atom. The molecule has 1 aliphatic carbocycles. The minimum Gasteiger partial charge on any atom is -0.459 e. The molecule has 2 unspecified atom stereocenters. The van der Waals surface area contributed by atoms with Gasteiger partial charge in [0.25, 0.3) is 0 Å². The van der Waals surface area contributed by atoms with Crippen molar-refractivity contribution in [3.8, 4) is 0 Å². The monoisotopic (exact) mass is 246 g/mol. The fraction of sp³-hybridized carbons (Fsp3) is 0.562. The van der Waals surface area contributed by atoms with Crippen molar-refractivity contribution in [3.63, 3.8) is 0 Å². The minimum absolute atomic E-state index is 0.110. The Balaban J connectivity index is 1.91. The van der Waals surface area contributed by atoms with E-state index >= 15 is 0 Å². The van der Waals surface area contributed by atoms with E-state index < -0.39 is 0 Å². The topological polar surface area (TPSA) is 26.3 Å². The molecular formula is C16H22O2. The second kappa shape index (κ2) is 6.03. The van der Waals surface area contributed by atoms with Crippen LogP contribution in [0.4, 0.5) is 0 Å². The Kier molecular flexibility index (Phi) is 4.40. The minimum atomic E-state index is -0.176. The van der Waals surface area contributed by atoms with E-state index in [0.717, 1.165) is 12.8 Å². The van der Waals surface area contributed by atoms with Crippen LogP contribution in [0.1, 0.15) is 49.9 Å². The van der Waals surface area contributed by atoms with E-state index in [2.05, 4.69) is 13.8 Å². The van der Waals surface area contributed by atoms with Crippen molar-refractivity contribution >= 4 is 5.97 Å². The molecule has 98 valence electrons. The van der Waals surface area contributed by atoms with Gasteiger partial charge in [0.2, 0.25) is 0 Å². The quantitative estimate of drug-likeness (QED) is 0.752. The number of ether oxygens (including phenoxy) is 1. The molecule has 0 amide bonds. The van der Waals surface area contributed by atoms with Gasteiger partial charge in [0.05, 0.1) is 5.56 Å². The summed E-state index contributed by atoms with van der Waals surface area (Å²) >= 11 is 0. The largest absolute Gasteiger partial charge is 0.459 e. The SMILES string of the molecule is CC(C)C1CCCC(OC(=O)c2ccccc2)C1. The van der Waals surface area contributed by atoms with Gasteiger partial charge in [-0.2, -0.15) is 0 Å². The molecule has 1 aromatic rings. The lowest BCUT2D eigenvalue weighted by molar-refractivity contribution is 0.0105. The zero-order chi connectivity index (χ0) is 13.0. The molecule has 0 N–H and O–H groups in total. The van der Waals surface area contributed by atoms with Crippen molar-refractivity contribution in [1.29, 1.82) is 0 Å². The molecule has 0 bridgehead atoms. The van der Waals surface area contributed by atoms with Crippen molar-refractivity contribution in [3.05, 3.63) is 35.9 Å². The number of hydrogen-bond acceptors (Lipinski definition) is 2. The van der Waals surface area contributed by atoms with Crippen LogP contribution in [0.15, 0.2) is 30.3 Å². The number of carbonyl (C=O) groups excluding carboxylic acids is 1. The van der Waals surface area contributed by atoms with Crippen molar-refractivity contribution in [2.45, 2.75) is 45.6 Å². The molecule has 0 heterocycles. The molecule has 0 radical (unpaired) electrons. The van der Waals surface area contributed by atoms with E-state index in [4.69, 9.17) is 4.74 Å². The molecule has 2 rings (SSSR count). The predicted octanol–water partition coefficient (Wildman–Crippen LogP) is 4.06. The van der Waals surface area contributed by atoms with Crippen molar-refractivity contribution < 1.29 is 9.53 Å². The molecule has 2 nitrogen and oxygen atoms in total. The third kappa shape index (κ3) is 3.34. The Labute approximate surface area is 109 Å². The molecule has 1 aliphatic rings. The first-order chi connectivity index (χ1) is 8.66.